The fourth-order valence-electron chi connectivity index (χ4n) is 0. The molecule has 0 amide bonds. The van der Waals surface area contributed by atoms with Crippen LogP contribution in [0.2, 0.25) is 0 Å². The van der Waals surface area contributed by atoms with E-state index >= 15 is 0 Å². The summed E-state index contributed by atoms with van der Waals surface area (Å²) < 4.78 is 8.88. The summed E-state index contributed by atoms with van der Waals surface area (Å²) in [4.78, 5) is 21.6. The predicted molar refractivity (Wildman–Crippen MR) is 15.4 cm³/mol. The first-order chi connectivity index (χ1) is 2.00. The fraction of sp³-hybridized carbons (Fsp3) is 0. The van der Waals surface area contributed by atoms with E-state index in [1.54, 1.807) is 0 Å². The molecule has 0 unspecified atom stereocenters. The Labute approximate surface area is 110 Å². The average Bonchev–Trinajstić information content (AvgIpc) is 0.722. The third kappa shape index (κ3) is 51.1. The van der Waals surface area contributed by atoms with Crippen molar-refractivity contribution >= 4 is 7.82 Å². The van der Waals surface area contributed by atoms with Gasteiger partial charge in [0, 0.05) is 32.7 Å². The Kier molecular flexibility index (Phi) is 16.4. The monoisotopic (exact) mass is 227 g/mol. The van der Waals surface area contributed by atoms with Crippen molar-refractivity contribution in [1.29, 1.82) is 0 Å². The predicted octanol–water partition coefficient (Wildman–Crippen LogP) is -3.81. The molecule has 3 N–H and O–H groups in total. The topological polar surface area (TPSA) is 77.8 Å². The third-order valence-electron chi connectivity index (χ3n) is 0. The number of hydrogen-bond donors (Lipinski definition) is 3. The number of rotatable bonds is 0. The minimum atomic E-state index is -4.64. The molecule has 0 aromatic heterocycles. The summed E-state index contributed by atoms with van der Waals surface area (Å²) in [5.74, 6) is 0. The zero-order valence-electron chi connectivity index (χ0n) is 4.77. The largest absolute Gasteiger partial charge is 1.00 e. The quantitative estimate of drug-likeness (QED) is 0.293. The molecule has 37 valence electrons. The van der Waals surface area contributed by atoms with Crippen LogP contribution in [0.1, 0.15) is 1.43 Å². The summed E-state index contributed by atoms with van der Waals surface area (Å²) >= 11 is 0. The van der Waals surface area contributed by atoms with E-state index in [-0.39, 0.29) is 85.5 Å². The molecule has 0 aromatic rings. The van der Waals surface area contributed by atoms with E-state index in [0.29, 0.717) is 0 Å². The molecule has 0 saturated carbocycles. The molecule has 0 atom stereocenters. The van der Waals surface area contributed by atoms with Crippen LogP contribution in [0.15, 0.2) is 0 Å². The van der Waals surface area contributed by atoms with Gasteiger partial charge in [0.15, 0.2) is 0 Å². The summed E-state index contributed by atoms with van der Waals surface area (Å²) in [5.41, 5.74) is 0. The normalized spacial score (nSPS) is 8.43. The molecule has 0 saturated heterocycles. The van der Waals surface area contributed by atoms with Crippen LogP contribution < -0.4 is 51.4 Å². The van der Waals surface area contributed by atoms with E-state index in [2.05, 4.69) is 0 Å². The second-order valence-corrected chi connectivity index (χ2v) is 1.54. The Hall–Kier alpha value is 2.85. The Balaban J connectivity index is -0.0000000267. The maximum absolute atomic E-state index is 8.88. The van der Waals surface area contributed by atoms with Crippen LogP contribution in [0.25, 0.3) is 0 Å². The first-order valence-electron chi connectivity index (χ1n) is 0.783. The molecule has 0 heterocycles. The number of phosphoric acid groups is 1. The molecule has 0 bridgehead atoms. The Morgan fingerprint density at radius 2 is 1.29 bits per heavy atom. The molecular formula is H4KO4PY. The molecule has 0 aliphatic heterocycles. The molecule has 7 heavy (non-hydrogen) atoms. The van der Waals surface area contributed by atoms with Gasteiger partial charge in [-0.2, -0.15) is 0 Å². The van der Waals surface area contributed by atoms with E-state index in [1.807, 2.05) is 0 Å². The molecule has 0 fully saturated rings. The molecule has 1 radical (unpaired) electrons. The minimum Gasteiger partial charge on any atom is -1.00 e. The van der Waals surface area contributed by atoms with Crippen LogP contribution in [-0.2, 0) is 37.3 Å². The Bertz CT molecular complexity index is 62.2. The van der Waals surface area contributed by atoms with Gasteiger partial charge in [0.2, 0.25) is 0 Å². The van der Waals surface area contributed by atoms with Crippen molar-refractivity contribution in [2.75, 3.05) is 0 Å². The van der Waals surface area contributed by atoms with Crippen molar-refractivity contribution in [3.8, 4) is 0 Å². The SMILES string of the molecule is O=P(O)(O)O.[H-].[K+].[Y]. The van der Waals surface area contributed by atoms with Crippen molar-refractivity contribution in [1.82, 2.24) is 0 Å². The van der Waals surface area contributed by atoms with Crippen LogP contribution in [0.3, 0.4) is 0 Å². The van der Waals surface area contributed by atoms with Gasteiger partial charge in [-0.1, -0.05) is 0 Å². The van der Waals surface area contributed by atoms with Crippen LogP contribution in [0.4, 0.5) is 0 Å². The summed E-state index contributed by atoms with van der Waals surface area (Å²) in [5, 5.41) is 0. The first-order valence-corrected chi connectivity index (χ1v) is 2.35. The van der Waals surface area contributed by atoms with Gasteiger partial charge >= 0.3 is 59.2 Å². The summed E-state index contributed by atoms with van der Waals surface area (Å²) in [6.07, 6.45) is 0. The van der Waals surface area contributed by atoms with Gasteiger partial charge in [-0.05, 0) is 0 Å². The van der Waals surface area contributed by atoms with E-state index in [1.165, 1.54) is 0 Å². The average molecular weight is 227 g/mol. The van der Waals surface area contributed by atoms with Crippen molar-refractivity contribution in [2.24, 2.45) is 0 Å². The van der Waals surface area contributed by atoms with Gasteiger partial charge < -0.3 is 16.1 Å². The summed E-state index contributed by atoms with van der Waals surface area (Å²) in [7, 11) is -4.64. The van der Waals surface area contributed by atoms with Gasteiger partial charge in [-0.25, -0.2) is 4.57 Å². The minimum absolute atomic E-state index is 0. The van der Waals surface area contributed by atoms with Crippen LogP contribution in [0.5, 0.6) is 0 Å². The molecule has 0 spiro atoms. The first kappa shape index (κ1) is 16.4. The fourth-order valence-corrected chi connectivity index (χ4v) is 0. The van der Waals surface area contributed by atoms with Gasteiger partial charge in [-0.15, -0.1) is 0 Å². The zero-order chi connectivity index (χ0) is 4.50. The van der Waals surface area contributed by atoms with E-state index < -0.39 is 7.82 Å². The molecule has 0 aromatic carbocycles. The van der Waals surface area contributed by atoms with Gasteiger partial charge in [0.05, 0.1) is 0 Å². The second kappa shape index (κ2) is 6.96. The summed E-state index contributed by atoms with van der Waals surface area (Å²) in [6.45, 7) is 0. The van der Waals surface area contributed by atoms with Crippen molar-refractivity contribution < 1.29 is 105 Å². The maximum atomic E-state index is 8.88. The maximum Gasteiger partial charge on any atom is 1.00 e. The molecule has 7 heteroatoms. The van der Waals surface area contributed by atoms with E-state index in [9.17, 15) is 0 Å². The zero-order valence-corrected chi connectivity index (χ0v) is 10.6. The van der Waals surface area contributed by atoms with Crippen LogP contribution >= 0.6 is 7.82 Å². The van der Waals surface area contributed by atoms with Crippen molar-refractivity contribution in [2.45, 2.75) is 0 Å². The van der Waals surface area contributed by atoms with Gasteiger partial charge in [0.1, 0.15) is 0 Å². The second-order valence-electron chi connectivity index (χ2n) is 0.513. The molecule has 0 aliphatic rings. The van der Waals surface area contributed by atoms with Crippen LogP contribution in [0, 0.1) is 0 Å². The number of hydrogen-bond acceptors (Lipinski definition) is 1. The molecule has 4 nitrogen and oxygen atoms in total. The van der Waals surface area contributed by atoms with Gasteiger partial charge in [0.25, 0.3) is 0 Å². The van der Waals surface area contributed by atoms with E-state index in [0.717, 1.165) is 0 Å². The van der Waals surface area contributed by atoms with Crippen molar-refractivity contribution in [3.63, 3.8) is 0 Å². The smallest absolute Gasteiger partial charge is 1.00 e. The van der Waals surface area contributed by atoms with Crippen LogP contribution in [-0.4, -0.2) is 14.7 Å². The third-order valence-corrected chi connectivity index (χ3v) is 0. The molecule has 0 rings (SSSR count). The Morgan fingerprint density at radius 3 is 1.29 bits per heavy atom. The standard InChI is InChI=1S/K.H3O4P.Y.H/c;1-5(2,3)4;;/h;(H3,1,2,3,4);;/q+1;;;-1. The molecular weight excluding hydrogens is 223 g/mol. The van der Waals surface area contributed by atoms with Gasteiger partial charge in [-0.3, -0.25) is 0 Å². The van der Waals surface area contributed by atoms with Crippen molar-refractivity contribution in [3.05, 3.63) is 0 Å². The summed E-state index contributed by atoms with van der Waals surface area (Å²) in [6, 6.07) is 0. The molecule has 0 aliphatic carbocycles. The van der Waals surface area contributed by atoms with E-state index in [4.69, 9.17) is 19.2 Å². The Morgan fingerprint density at radius 1 is 1.29 bits per heavy atom.